The summed E-state index contributed by atoms with van der Waals surface area (Å²) in [4.78, 5) is 78.7. The number of ether oxygens (including phenoxy) is 6. The molecule has 2 aromatic rings. The van der Waals surface area contributed by atoms with Crippen molar-refractivity contribution in [1.29, 1.82) is 0 Å². The van der Waals surface area contributed by atoms with Gasteiger partial charge in [-0.3, -0.25) is 34.1 Å². The lowest BCUT2D eigenvalue weighted by Gasteiger charge is -2.54. The van der Waals surface area contributed by atoms with E-state index in [9.17, 15) is 24.0 Å². The first-order chi connectivity index (χ1) is 29.8. The van der Waals surface area contributed by atoms with Crippen LogP contribution in [0.2, 0.25) is 0 Å². The molecular formula is C49H61N2O12+. The minimum atomic E-state index is -1.02. The van der Waals surface area contributed by atoms with Crippen LogP contribution in [0.5, 0.6) is 11.5 Å². The Bertz CT molecular complexity index is 2170. The third kappa shape index (κ3) is 9.52. The molecule has 13 atom stereocenters. The zero-order chi connectivity index (χ0) is 45.5. The van der Waals surface area contributed by atoms with Gasteiger partial charge in [0.2, 0.25) is 5.76 Å². The van der Waals surface area contributed by atoms with E-state index in [-0.39, 0.29) is 64.4 Å². The minimum absolute atomic E-state index is 0.0255. The molecule has 5 aliphatic rings. The van der Waals surface area contributed by atoms with E-state index in [1.807, 2.05) is 19.9 Å². The smallest absolute Gasteiger partial charge is 0.308 e. The maximum atomic E-state index is 15.6. The van der Waals surface area contributed by atoms with Crippen LogP contribution in [0.3, 0.4) is 0 Å². The predicted octanol–water partition coefficient (Wildman–Crippen LogP) is 6.96. The molecule has 1 saturated carbocycles. The van der Waals surface area contributed by atoms with Gasteiger partial charge >= 0.3 is 23.9 Å². The van der Waals surface area contributed by atoms with E-state index in [1.165, 1.54) is 33.8 Å². The molecule has 338 valence electrons. The maximum Gasteiger partial charge on any atom is 0.308 e. The number of amides is 1. The fourth-order valence-corrected chi connectivity index (χ4v) is 11.2. The minimum Gasteiger partial charge on any atom is -0.462 e. The fourth-order valence-electron chi connectivity index (χ4n) is 11.2. The van der Waals surface area contributed by atoms with Gasteiger partial charge in [0.15, 0.2) is 24.0 Å². The molecule has 1 amide bonds. The van der Waals surface area contributed by atoms with Crippen molar-refractivity contribution in [3.05, 3.63) is 77.3 Å². The van der Waals surface area contributed by atoms with Crippen LogP contribution in [0.4, 0.5) is 0 Å². The van der Waals surface area contributed by atoms with Gasteiger partial charge in [-0.25, -0.2) is 0 Å². The highest BCUT2D eigenvalue weighted by atomic mass is 16.7. The summed E-state index contributed by atoms with van der Waals surface area (Å²) in [6.45, 7) is 15.7. The number of esters is 4. The van der Waals surface area contributed by atoms with Gasteiger partial charge in [0, 0.05) is 64.2 Å². The summed E-state index contributed by atoms with van der Waals surface area (Å²) in [7, 11) is 0. The molecule has 3 aliphatic heterocycles. The Morgan fingerprint density at radius 2 is 1.46 bits per heavy atom. The molecule has 2 aliphatic carbocycles. The fraction of sp³-hybridized carbons (Fsp3) is 0.571. The number of hydrogen-bond acceptors (Lipinski definition) is 12. The average molecular weight is 870 g/mol. The molecule has 1 aromatic carbocycles. The normalized spacial score (nSPS) is 34.0. The zero-order valence-electron chi connectivity index (χ0n) is 37.7. The SMILES string of the molecule is CC(=O)OC1=C(C(=O)[C@@H]2C3C(C=C(C)[C@H]2C[C@H]2OC4(CC[C@H](C)[C@@H](c5cc(OC(C)=O)cc(OC(C)=O)c5)O4)[C@@H](C)C[C@@H]2C)CC[C@@H](OC(C)=O)[C@@H]3C)C(=O)NC1[n+]1ccccc1. The van der Waals surface area contributed by atoms with E-state index in [0.29, 0.717) is 31.2 Å². The highest BCUT2D eigenvalue weighted by Crippen LogP contribution is 2.55. The monoisotopic (exact) mass is 869 g/mol. The Morgan fingerprint density at radius 3 is 2.08 bits per heavy atom. The Kier molecular flexibility index (Phi) is 13.4. The van der Waals surface area contributed by atoms with Crippen molar-refractivity contribution in [3.63, 3.8) is 0 Å². The van der Waals surface area contributed by atoms with Gasteiger partial charge in [-0.2, -0.15) is 4.57 Å². The molecule has 7 rings (SSSR count). The second-order valence-corrected chi connectivity index (χ2v) is 18.6. The number of fused-ring (bicyclic) bond motifs is 1. The summed E-state index contributed by atoms with van der Waals surface area (Å²) in [5.74, 6) is -5.42. The molecule has 1 aromatic heterocycles. The van der Waals surface area contributed by atoms with Gasteiger partial charge in [0.25, 0.3) is 12.1 Å². The summed E-state index contributed by atoms with van der Waals surface area (Å²) >= 11 is 0. The standard InChI is InChI=1S/C49H60N2O12/c1-25-15-16-49(63-45(25)35-21-36(58-30(6)52)23-37(22-35)59-31(7)53)28(4)19-27(3)40(62-49)24-38-26(2)20-34-13-14-39(60-32(8)54)29(5)41(34)42(38)44(56)43-46(61-33(9)55)47(50-48(43)57)51-17-11-10-12-18-51/h10-12,17-18,20-23,25,27-29,34,38-42,45,47H,13-16,19,24H2,1-9H3/p+1/t25-,27-,28-,29-,34?,38+,39+,40+,41?,42-,45-,47?,49?/m0/s1. The van der Waals surface area contributed by atoms with Gasteiger partial charge in [-0.1, -0.05) is 45.4 Å². The Balaban J connectivity index is 1.26. The number of pyridine rings is 1. The number of Topliss-reactive ketones (excluding diaryl/α,β-unsaturated/α-hetero) is 1. The Hall–Kier alpha value is -5.21. The number of aromatic nitrogens is 1. The van der Waals surface area contributed by atoms with Gasteiger partial charge in [-0.05, 0) is 92.2 Å². The Labute approximate surface area is 369 Å². The number of carbonyl (C=O) groups excluding carboxylic acids is 6. The molecule has 1 spiro atoms. The molecule has 14 heteroatoms. The Morgan fingerprint density at radius 1 is 0.810 bits per heavy atom. The number of ketones is 1. The maximum absolute atomic E-state index is 15.6. The van der Waals surface area contributed by atoms with E-state index in [2.05, 4.69) is 32.2 Å². The second-order valence-electron chi connectivity index (χ2n) is 18.6. The number of hydrogen-bond donors (Lipinski definition) is 1. The van der Waals surface area contributed by atoms with Crippen LogP contribution in [-0.2, 0) is 47.7 Å². The lowest BCUT2D eigenvalue weighted by atomic mass is 9.55. The average Bonchev–Trinajstić information content (AvgIpc) is 3.52. The van der Waals surface area contributed by atoms with Crippen LogP contribution in [0, 0.1) is 47.3 Å². The molecule has 4 heterocycles. The molecule has 14 nitrogen and oxygen atoms in total. The van der Waals surface area contributed by atoms with Crippen LogP contribution in [-0.4, -0.2) is 53.6 Å². The number of benzene rings is 1. The van der Waals surface area contributed by atoms with Crippen LogP contribution in [0.15, 0.2) is 71.8 Å². The van der Waals surface area contributed by atoms with Crippen LogP contribution in [0.25, 0.3) is 0 Å². The number of allylic oxidation sites excluding steroid dienone is 2. The van der Waals surface area contributed by atoms with Crippen LogP contribution >= 0.6 is 0 Å². The van der Waals surface area contributed by atoms with Gasteiger partial charge < -0.3 is 28.4 Å². The van der Waals surface area contributed by atoms with Crippen molar-refractivity contribution in [3.8, 4) is 11.5 Å². The van der Waals surface area contributed by atoms with E-state index >= 15 is 4.79 Å². The van der Waals surface area contributed by atoms with Crippen molar-refractivity contribution in [1.82, 2.24) is 5.32 Å². The lowest BCUT2D eigenvalue weighted by Crippen LogP contribution is -2.56. The largest absolute Gasteiger partial charge is 0.462 e. The van der Waals surface area contributed by atoms with Crippen molar-refractivity contribution < 1.29 is 61.8 Å². The summed E-state index contributed by atoms with van der Waals surface area (Å²) in [6, 6.07) is 10.4. The third-order valence-corrected chi connectivity index (χ3v) is 14.0. The van der Waals surface area contributed by atoms with Crippen LogP contribution in [0.1, 0.15) is 119 Å². The van der Waals surface area contributed by atoms with Crippen molar-refractivity contribution in [2.24, 2.45) is 47.3 Å². The number of nitrogens with zero attached hydrogens (tertiary/aromatic N) is 1. The number of carbonyl (C=O) groups is 6. The van der Waals surface area contributed by atoms with Gasteiger partial charge in [0.1, 0.15) is 23.2 Å². The zero-order valence-corrected chi connectivity index (χ0v) is 37.7. The van der Waals surface area contributed by atoms with Crippen molar-refractivity contribution >= 4 is 35.6 Å². The predicted molar refractivity (Wildman–Crippen MR) is 226 cm³/mol. The first kappa shape index (κ1) is 45.8. The first-order valence-electron chi connectivity index (χ1n) is 22.3. The molecule has 3 fully saturated rings. The molecule has 0 bridgehead atoms. The first-order valence-corrected chi connectivity index (χ1v) is 22.3. The highest BCUT2D eigenvalue weighted by Gasteiger charge is 2.56. The van der Waals surface area contributed by atoms with E-state index in [0.717, 1.165) is 18.4 Å². The molecule has 1 N–H and O–H groups in total. The molecule has 0 radical (unpaired) electrons. The lowest BCUT2D eigenvalue weighted by molar-refractivity contribution is -0.719. The summed E-state index contributed by atoms with van der Waals surface area (Å²) in [5.41, 5.74) is 1.50. The number of nitrogens with one attached hydrogen (secondary N) is 1. The van der Waals surface area contributed by atoms with E-state index < -0.39 is 71.6 Å². The van der Waals surface area contributed by atoms with Gasteiger partial charge in [0.05, 0.1) is 12.2 Å². The third-order valence-electron chi connectivity index (χ3n) is 14.0. The van der Waals surface area contributed by atoms with Crippen LogP contribution < -0.4 is 19.4 Å². The number of rotatable bonds is 10. The van der Waals surface area contributed by atoms with E-state index in [4.69, 9.17) is 28.4 Å². The summed E-state index contributed by atoms with van der Waals surface area (Å²) < 4.78 is 38.6. The molecule has 4 unspecified atom stereocenters. The van der Waals surface area contributed by atoms with Gasteiger partial charge in [-0.15, -0.1) is 0 Å². The van der Waals surface area contributed by atoms with Crippen molar-refractivity contribution in [2.75, 3.05) is 0 Å². The second kappa shape index (κ2) is 18.5. The quantitative estimate of drug-likeness (QED) is 0.0857. The molecular weight excluding hydrogens is 809 g/mol. The topological polar surface area (TPSA) is 174 Å². The van der Waals surface area contributed by atoms with E-state index in [1.54, 1.807) is 41.2 Å². The van der Waals surface area contributed by atoms with Crippen molar-refractivity contribution in [2.45, 2.75) is 131 Å². The molecule has 63 heavy (non-hydrogen) atoms. The summed E-state index contributed by atoms with van der Waals surface area (Å²) in [6.07, 6.45) is 7.37. The molecule has 2 saturated heterocycles. The summed E-state index contributed by atoms with van der Waals surface area (Å²) in [5, 5.41) is 2.90. The highest BCUT2D eigenvalue weighted by molar-refractivity contribution is 6.22.